The standard InChI is InChI=1S/C14H14N2O/c1-10-14-12(7-8-15-10)11-5-3-4-6-13(11)16(14)9-17-2/h3-8H,9H2,1-2H3. The number of methoxy groups -OCH3 is 1. The van der Waals surface area contributed by atoms with Crippen LogP contribution in [0.15, 0.2) is 36.5 Å². The number of rotatable bonds is 2. The maximum atomic E-state index is 5.29. The van der Waals surface area contributed by atoms with Crippen molar-refractivity contribution in [2.24, 2.45) is 0 Å². The fraction of sp³-hybridized carbons (Fsp3) is 0.214. The summed E-state index contributed by atoms with van der Waals surface area (Å²) in [5.74, 6) is 0. The van der Waals surface area contributed by atoms with E-state index >= 15 is 0 Å². The Labute approximate surface area is 99.6 Å². The molecule has 0 amide bonds. The van der Waals surface area contributed by atoms with E-state index < -0.39 is 0 Å². The molecule has 0 radical (unpaired) electrons. The molecule has 0 spiro atoms. The van der Waals surface area contributed by atoms with Crippen LogP contribution in [0.25, 0.3) is 21.8 Å². The number of aryl methyl sites for hydroxylation is 1. The summed E-state index contributed by atoms with van der Waals surface area (Å²) < 4.78 is 7.47. The molecular formula is C14H14N2O. The Hall–Kier alpha value is -1.87. The van der Waals surface area contributed by atoms with Gasteiger partial charge < -0.3 is 9.30 Å². The van der Waals surface area contributed by atoms with Gasteiger partial charge in [-0.25, -0.2) is 0 Å². The van der Waals surface area contributed by atoms with Gasteiger partial charge >= 0.3 is 0 Å². The number of fused-ring (bicyclic) bond motifs is 3. The van der Waals surface area contributed by atoms with Crippen LogP contribution in [0.4, 0.5) is 0 Å². The number of ether oxygens (including phenoxy) is 1. The molecule has 0 saturated carbocycles. The number of nitrogens with zero attached hydrogens (tertiary/aromatic N) is 2. The Balaban J connectivity index is 2.53. The highest BCUT2D eigenvalue weighted by Gasteiger charge is 2.11. The Morgan fingerprint density at radius 1 is 1.18 bits per heavy atom. The average molecular weight is 226 g/mol. The van der Waals surface area contributed by atoms with Gasteiger partial charge in [0.2, 0.25) is 0 Å². The molecule has 0 bridgehead atoms. The molecule has 0 aliphatic carbocycles. The molecule has 17 heavy (non-hydrogen) atoms. The van der Waals surface area contributed by atoms with Crippen LogP contribution in [0, 0.1) is 6.92 Å². The van der Waals surface area contributed by atoms with E-state index in [1.165, 1.54) is 16.3 Å². The number of benzene rings is 1. The van der Waals surface area contributed by atoms with Crippen LogP contribution in [0.5, 0.6) is 0 Å². The first-order chi connectivity index (χ1) is 8.33. The predicted molar refractivity (Wildman–Crippen MR) is 69.0 cm³/mol. The Morgan fingerprint density at radius 2 is 2.00 bits per heavy atom. The molecule has 2 heterocycles. The molecule has 3 nitrogen and oxygen atoms in total. The minimum Gasteiger partial charge on any atom is -0.364 e. The Bertz CT molecular complexity index is 685. The molecule has 1 aromatic carbocycles. The summed E-state index contributed by atoms with van der Waals surface area (Å²) in [6.45, 7) is 2.59. The lowest BCUT2D eigenvalue weighted by Crippen LogP contribution is -2.00. The van der Waals surface area contributed by atoms with Crippen LogP contribution in [-0.4, -0.2) is 16.7 Å². The van der Waals surface area contributed by atoms with Crippen LogP contribution in [0.1, 0.15) is 5.69 Å². The van der Waals surface area contributed by atoms with Crippen molar-refractivity contribution in [1.29, 1.82) is 0 Å². The second kappa shape index (κ2) is 3.86. The molecular weight excluding hydrogens is 212 g/mol. The smallest absolute Gasteiger partial charge is 0.123 e. The number of hydrogen-bond acceptors (Lipinski definition) is 2. The minimum absolute atomic E-state index is 0.552. The molecule has 0 saturated heterocycles. The van der Waals surface area contributed by atoms with Gasteiger partial charge in [-0.3, -0.25) is 4.98 Å². The second-order valence-corrected chi connectivity index (χ2v) is 4.16. The Morgan fingerprint density at radius 3 is 2.82 bits per heavy atom. The quantitative estimate of drug-likeness (QED) is 0.671. The lowest BCUT2D eigenvalue weighted by atomic mass is 10.2. The fourth-order valence-corrected chi connectivity index (χ4v) is 2.44. The normalized spacial score (nSPS) is 11.4. The Kier molecular flexibility index (Phi) is 2.34. The van der Waals surface area contributed by atoms with Crippen molar-refractivity contribution >= 4 is 21.8 Å². The monoisotopic (exact) mass is 226 g/mol. The molecule has 3 aromatic rings. The number of pyridine rings is 1. The summed E-state index contributed by atoms with van der Waals surface area (Å²) in [4.78, 5) is 4.37. The van der Waals surface area contributed by atoms with E-state index in [0.717, 1.165) is 11.2 Å². The van der Waals surface area contributed by atoms with Gasteiger partial charge in [0, 0.05) is 24.1 Å². The van der Waals surface area contributed by atoms with Gasteiger partial charge in [0.15, 0.2) is 0 Å². The zero-order valence-corrected chi connectivity index (χ0v) is 9.97. The summed E-state index contributed by atoms with van der Waals surface area (Å²) in [5, 5.41) is 2.50. The zero-order valence-electron chi connectivity index (χ0n) is 9.97. The summed E-state index contributed by atoms with van der Waals surface area (Å²) in [6.07, 6.45) is 1.86. The SMILES string of the molecule is COCn1c2ccccc2c2ccnc(C)c21. The number of para-hydroxylation sites is 1. The zero-order chi connectivity index (χ0) is 11.8. The highest BCUT2D eigenvalue weighted by atomic mass is 16.5. The molecule has 0 N–H and O–H groups in total. The first-order valence-corrected chi connectivity index (χ1v) is 5.64. The minimum atomic E-state index is 0.552. The van der Waals surface area contributed by atoms with E-state index in [2.05, 4.69) is 39.9 Å². The third kappa shape index (κ3) is 1.43. The van der Waals surface area contributed by atoms with E-state index in [-0.39, 0.29) is 0 Å². The number of aromatic nitrogens is 2. The lowest BCUT2D eigenvalue weighted by Gasteiger charge is -2.06. The summed E-state index contributed by atoms with van der Waals surface area (Å²) >= 11 is 0. The van der Waals surface area contributed by atoms with Gasteiger partial charge in [0.25, 0.3) is 0 Å². The topological polar surface area (TPSA) is 27.1 Å². The van der Waals surface area contributed by atoms with E-state index in [9.17, 15) is 0 Å². The van der Waals surface area contributed by atoms with Gasteiger partial charge in [-0.15, -0.1) is 0 Å². The third-order valence-corrected chi connectivity index (χ3v) is 3.12. The molecule has 0 aliphatic heterocycles. The first kappa shape index (κ1) is 10.3. The molecule has 2 aromatic heterocycles. The van der Waals surface area contributed by atoms with Crippen molar-refractivity contribution in [3.63, 3.8) is 0 Å². The van der Waals surface area contributed by atoms with Crippen LogP contribution < -0.4 is 0 Å². The molecule has 0 aliphatic rings. The van der Waals surface area contributed by atoms with Crippen LogP contribution in [0.3, 0.4) is 0 Å². The van der Waals surface area contributed by atoms with Gasteiger partial charge in [-0.2, -0.15) is 0 Å². The summed E-state index contributed by atoms with van der Waals surface area (Å²) in [6, 6.07) is 10.4. The van der Waals surface area contributed by atoms with E-state index in [1.807, 2.05) is 13.1 Å². The van der Waals surface area contributed by atoms with E-state index in [4.69, 9.17) is 4.74 Å². The van der Waals surface area contributed by atoms with Gasteiger partial charge in [0.05, 0.1) is 16.7 Å². The van der Waals surface area contributed by atoms with Crippen molar-refractivity contribution in [2.75, 3.05) is 7.11 Å². The van der Waals surface area contributed by atoms with Gasteiger partial charge in [-0.1, -0.05) is 18.2 Å². The molecule has 0 atom stereocenters. The van der Waals surface area contributed by atoms with E-state index in [1.54, 1.807) is 7.11 Å². The van der Waals surface area contributed by atoms with Crippen LogP contribution in [-0.2, 0) is 11.5 Å². The van der Waals surface area contributed by atoms with Crippen LogP contribution >= 0.6 is 0 Å². The van der Waals surface area contributed by atoms with Crippen molar-refractivity contribution in [3.05, 3.63) is 42.2 Å². The second-order valence-electron chi connectivity index (χ2n) is 4.16. The number of hydrogen-bond donors (Lipinski definition) is 0. The third-order valence-electron chi connectivity index (χ3n) is 3.12. The summed E-state index contributed by atoms with van der Waals surface area (Å²) in [5.41, 5.74) is 3.40. The van der Waals surface area contributed by atoms with Crippen molar-refractivity contribution < 1.29 is 4.74 Å². The molecule has 3 rings (SSSR count). The average Bonchev–Trinajstić information content (AvgIpc) is 2.67. The van der Waals surface area contributed by atoms with Crippen LogP contribution in [0.2, 0.25) is 0 Å². The van der Waals surface area contributed by atoms with Gasteiger partial charge in [-0.05, 0) is 19.1 Å². The highest BCUT2D eigenvalue weighted by molar-refractivity contribution is 6.08. The molecule has 3 heteroatoms. The van der Waals surface area contributed by atoms with Crippen molar-refractivity contribution in [2.45, 2.75) is 13.7 Å². The summed E-state index contributed by atoms with van der Waals surface area (Å²) in [7, 11) is 1.71. The highest BCUT2D eigenvalue weighted by Crippen LogP contribution is 2.29. The van der Waals surface area contributed by atoms with Crippen molar-refractivity contribution in [3.8, 4) is 0 Å². The largest absolute Gasteiger partial charge is 0.364 e. The van der Waals surface area contributed by atoms with E-state index in [0.29, 0.717) is 6.73 Å². The molecule has 86 valence electrons. The lowest BCUT2D eigenvalue weighted by molar-refractivity contribution is 0.138. The maximum Gasteiger partial charge on any atom is 0.123 e. The molecule has 0 fully saturated rings. The van der Waals surface area contributed by atoms with Crippen molar-refractivity contribution in [1.82, 2.24) is 9.55 Å². The maximum absolute atomic E-state index is 5.29. The molecule has 0 unspecified atom stereocenters. The first-order valence-electron chi connectivity index (χ1n) is 5.64. The predicted octanol–water partition coefficient (Wildman–Crippen LogP) is 3.10. The fourth-order valence-electron chi connectivity index (χ4n) is 2.44. The van der Waals surface area contributed by atoms with Gasteiger partial charge in [0.1, 0.15) is 6.73 Å².